The van der Waals surface area contributed by atoms with Gasteiger partial charge in [0.05, 0.1) is 6.42 Å². The molecule has 2 aromatic carbocycles. The van der Waals surface area contributed by atoms with Crippen molar-refractivity contribution in [2.24, 2.45) is 0 Å². The summed E-state index contributed by atoms with van der Waals surface area (Å²) in [4.78, 5) is 16.0. The van der Waals surface area contributed by atoms with Crippen molar-refractivity contribution >= 4 is 38.3 Å². The SMILES string of the molecule is O=C(Cc1ccncc1)Nc1ccc2c(Br)cccc2c1. The first kappa shape index (κ1) is 13.8. The monoisotopic (exact) mass is 340 g/mol. The number of rotatable bonds is 3. The molecule has 0 saturated carbocycles. The van der Waals surface area contributed by atoms with Gasteiger partial charge >= 0.3 is 0 Å². The van der Waals surface area contributed by atoms with Crippen LogP contribution in [0.25, 0.3) is 10.8 Å². The second-order valence-electron chi connectivity index (χ2n) is 4.76. The van der Waals surface area contributed by atoms with Crippen molar-refractivity contribution in [2.75, 3.05) is 5.32 Å². The number of benzene rings is 2. The Kier molecular flexibility index (Phi) is 3.97. The van der Waals surface area contributed by atoms with Crippen LogP contribution in [-0.4, -0.2) is 10.9 Å². The van der Waals surface area contributed by atoms with E-state index in [0.29, 0.717) is 6.42 Å². The van der Waals surface area contributed by atoms with E-state index in [1.807, 2.05) is 48.5 Å². The quantitative estimate of drug-likeness (QED) is 0.777. The number of hydrogen-bond donors (Lipinski definition) is 1. The van der Waals surface area contributed by atoms with Crippen molar-refractivity contribution in [1.29, 1.82) is 0 Å². The molecule has 1 N–H and O–H groups in total. The van der Waals surface area contributed by atoms with Crippen LogP contribution in [-0.2, 0) is 11.2 Å². The third-order valence-electron chi connectivity index (χ3n) is 3.22. The summed E-state index contributed by atoms with van der Waals surface area (Å²) in [5.74, 6) is -0.0319. The molecule has 1 aromatic heterocycles. The van der Waals surface area contributed by atoms with Crippen LogP contribution in [0.3, 0.4) is 0 Å². The van der Waals surface area contributed by atoms with Crippen LogP contribution < -0.4 is 5.32 Å². The van der Waals surface area contributed by atoms with Crippen LogP contribution >= 0.6 is 15.9 Å². The topological polar surface area (TPSA) is 42.0 Å². The number of carbonyl (C=O) groups is 1. The van der Waals surface area contributed by atoms with E-state index >= 15 is 0 Å². The fourth-order valence-electron chi connectivity index (χ4n) is 2.21. The molecule has 0 unspecified atom stereocenters. The molecule has 3 aromatic rings. The minimum absolute atomic E-state index is 0.0319. The van der Waals surface area contributed by atoms with E-state index in [4.69, 9.17) is 0 Å². The Hall–Kier alpha value is -2.20. The molecule has 21 heavy (non-hydrogen) atoms. The van der Waals surface area contributed by atoms with Crippen molar-refractivity contribution in [1.82, 2.24) is 4.98 Å². The van der Waals surface area contributed by atoms with Gasteiger partial charge in [-0.05, 0) is 46.7 Å². The van der Waals surface area contributed by atoms with E-state index in [-0.39, 0.29) is 5.91 Å². The summed E-state index contributed by atoms with van der Waals surface area (Å²) in [5, 5.41) is 5.15. The van der Waals surface area contributed by atoms with Crippen LogP contribution in [0.4, 0.5) is 5.69 Å². The summed E-state index contributed by atoms with van der Waals surface area (Å²) in [6, 6.07) is 15.6. The largest absolute Gasteiger partial charge is 0.326 e. The molecule has 0 aliphatic heterocycles. The summed E-state index contributed by atoms with van der Waals surface area (Å²) in [6.07, 6.45) is 3.73. The molecule has 0 aliphatic carbocycles. The van der Waals surface area contributed by atoms with Gasteiger partial charge in [-0.15, -0.1) is 0 Å². The maximum atomic E-state index is 12.0. The van der Waals surface area contributed by atoms with Gasteiger partial charge in [-0.25, -0.2) is 0 Å². The summed E-state index contributed by atoms with van der Waals surface area (Å²) in [5.41, 5.74) is 1.76. The average molecular weight is 341 g/mol. The third-order valence-corrected chi connectivity index (χ3v) is 3.92. The lowest BCUT2D eigenvalue weighted by Gasteiger charge is -2.07. The zero-order valence-corrected chi connectivity index (χ0v) is 12.8. The Labute approximate surface area is 131 Å². The van der Waals surface area contributed by atoms with Crippen molar-refractivity contribution in [3.8, 4) is 0 Å². The highest BCUT2D eigenvalue weighted by molar-refractivity contribution is 9.10. The highest BCUT2D eigenvalue weighted by Crippen LogP contribution is 2.26. The first-order chi connectivity index (χ1) is 10.2. The predicted octanol–water partition coefficient (Wildman–Crippen LogP) is 4.18. The highest BCUT2D eigenvalue weighted by Gasteiger charge is 2.05. The normalized spacial score (nSPS) is 10.5. The Bertz CT molecular complexity index is 787. The molecule has 0 bridgehead atoms. The summed E-state index contributed by atoms with van der Waals surface area (Å²) < 4.78 is 1.05. The molecule has 0 atom stereocenters. The zero-order chi connectivity index (χ0) is 14.7. The molecule has 3 rings (SSSR count). The molecule has 4 heteroatoms. The molecule has 0 aliphatic rings. The van der Waals surface area contributed by atoms with Gasteiger partial charge in [-0.2, -0.15) is 0 Å². The molecule has 1 amide bonds. The number of nitrogens with zero attached hydrogens (tertiary/aromatic N) is 1. The second-order valence-corrected chi connectivity index (χ2v) is 5.61. The number of nitrogens with one attached hydrogen (secondary N) is 1. The van der Waals surface area contributed by atoms with E-state index < -0.39 is 0 Å². The van der Waals surface area contributed by atoms with Gasteiger partial charge in [-0.1, -0.05) is 34.1 Å². The van der Waals surface area contributed by atoms with Gasteiger partial charge < -0.3 is 5.32 Å². The lowest BCUT2D eigenvalue weighted by molar-refractivity contribution is -0.115. The number of amides is 1. The summed E-state index contributed by atoms with van der Waals surface area (Å²) in [6.45, 7) is 0. The van der Waals surface area contributed by atoms with Crippen molar-refractivity contribution in [3.63, 3.8) is 0 Å². The molecule has 0 spiro atoms. The molecule has 1 heterocycles. The smallest absolute Gasteiger partial charge is 0.228 e. The van der Waals surface area contributed by atoms with E-state index in [0.717, 1.165) is 26.5 Å². The summed E-state index contributed by atoms with van der Waals surface area (Å²) in [7, 11) is 0. The van der Waals surface area contributed by atoms with Gasteiger partial charge in [0.1, 0.15) is 0 Å². The van der Waals surface area contributed by atoms with Gasteiger partial charge in [0.15, 0.2) is 0 Å². The Morgan fingerprint density at radius 3 is 2.71 bits per heavy atom. The minimum atomic E-state index is -0.0319. The molecule has 0 radical (unpaired) electrons. The average Bonchev–Trinajstić information content (AvgIpc) is 2.48. The number of aromatic nitrogens is 1. The van der Waals surface area contributed by atoms with Gasteiger partial charge in [0.25, 0.3) is 0 Å². The Balaban J connectivity index is 1.77. The fourth-order valence-corrected chi connectivity index (χ4v) is 2.73. The lowest BCUT2D eigenvalue weighted by Crippen LogP contribution is -2.14. The highest BCUT2D eigenvalue weighted by atomic mass is 79.9. The molecule has 0 saturated heterocycles. The van der Waals surface area contributed by atoms with Crippen LogP contribution in [0, 0.1) is 0 Å². The lowest BCUT2D eigenvalue weighted by atomic mass is 10.1. The first-order valence-corrected chi connectivity index (χ1v) is 7.39. The first-order valence-electron chi connectivity index (χ1n) is 6.59. The third kappa shape index (κ3) is 3.28. The zero-order valence-electron chi connectivity index (χ0n) is 11.2. The number of anilines is 1. The summed E-state index contributed by atoms with van der Waals surface area (Å²) >= 11 is 3.52. The van der Waals surface area contributed by atoms with Crippen LogP contribution in [0.15, 0.2) is 65.4 Å². The Morgan fingerprint density at radius 2 is 1.90 bits per heavy atom. The van der Waals surface area contributed by atoms with E-state index in [1.54, 1.807) is 12.4 Å². The maximum absolute atomic E-state index is 12.0. The van der Waals surface area contributed by atoms with E-state index in [2.05, 4.69) is 26.2 Å². The number of carbonyl (C=O) groups excluding carboxylic acids is 1. The number of hydrogen-bond acceptors (Lipinski definition) is 2. The minimum Gasteiger partial charge on any atom is -0.326 e. The van der Waals surface area contributed by atoms with Crippen LogP contribution in [0.5, 0.6) is 0 Å². The maximum Gasteiger partial charge on any atom is 0.228 e. The fraction of sp³-hybridized carbons (Fsp3) is 0.0588. The van der Waals surface area contributed by atoms with E-state index in [9.17, 15) is 4.79 Å². The number of halogens is 1. The molecule has 0 fully saturated rings. The Morgan fingerprint density at radius 1 is 1.10 bits per heavy atom. The van der Waals surface area contributed by atoms with Crippen LogP contribution in [0.2, 0.25) is 0 Å². The van der Waals surface area contributed by atoms with Crippen molar-refractivity contribution in [3.05, 3.63) is 71.0 Å². The van der Waals surface area contributed by atoms with Crippen LogP contribution in [0.1, 0.15) is 5.56 Å². The predicted molar refractivity (Wildman–Crippen MR) is 88.2 cm³/mol. The molecule has 3 nitrogen and oxygen atoms in total. The van der Waals surface area contributed by atoms with Gasteiger partial charge in [0, 0.05) is 22.6 Å². The van der Waals surface area contributed by atoms with Crippen molar-refractivity contribution < 1.29 is 4.79 Å². The van der Waals surface area contributed by atoms with E-state index in [1.165, 1.54) is 0 Å². The van der Waals surface area contributed by atoms with Crippen molar-refractivity contribution in [2.45, 2.75) is 6.42 Å². The standard InChI is InChI=1S/C17H13BrN2O/c18-16-3-1-2-13-11-14(4-5-15(13)16)20-17(21)10-12-6-8-19-9-7-12/h1-9,11H,10H2,(H,20,21). The molecule has 104 valence electrons. The molecular weight excluding hydrogens is 328 g/mol. The second kappa shape index (κ2) is 6.06. The number of pyridine rings is 1. The van der Waals surface area contributed by atoms with Gasteiger partial charge in [-0.3, -0.25) is 9.78 Å². The van der Waals surface area contributed by atoms with Gasteiger partial charge in [0.2, 0.25) is 5.91 Å². The number of fused-ring (bicyclic) bond motifs is 1. The molecular formula is C17H13BrN2O.